The average Bonchev–Trinajstić information content (AvgIpc) is 3.48. The molecule has 2 aliphatic heterocycles. The molecular weight excluding hydrogens is 478 g/mol. The van der Waals surface area contributed by atoms with Gasteiger partial charge in [-0.3, -0.25) is 9.36 Å². The minimum atomic E-state index is -0.723. The molecule has 1 aromatic carbocycles. The second-order valence-corrected chi connectivity index (χ2v) is 9.78. The summed E-state index contributed by atoms with van der Waals surface area (Å²) in [7, 11) is 1.57. The lowest BCUT2D eigenvalue weighted by atomic mass is 9.95. The lowest BCUT2D eigenvalue weighted by molar-refractivity contribution is -0.139. The number of furan rings is 1. The molecule has 0 radical (unpaired) electrons. The summed E-state index contributed by atoms with van der Waals surface area (Å²) in [6, 6.07) is 10.5. The van der Waals surface area contributed by atoms with Crippen molar-refractivity contribution in [3.63, 3.8) is 0 Å². The first-order valence-corrected chi connectivity index (χ1v) is 13.0. The molecule has 0 aliphatic carbocycles. The van der Waals surface area contributed by atoms with E-state index in [1.165, 1.54) is 17.8 Å². The zero-order valence-electron chi connectivity index (χ0n) is 20.7. The Labute approximate surface area is 212 Å². The average molecular weight is 508 g/mol. The molecule has 1 saturated heterocycles. The van der Waals surface area contributed by atoms with Gasteiger partial charge in [0.05, 0.1) is 29.5 Å². The summed E-state index contributed by atoms with van der Waals surface area (Å²) in [5, 5.41) is 0. The van der Waals surface area contributed by atoms with Crippen molar-refractivity contribution >= 4 is 29.3 Å². The number of anilines is 1. The third-order valence-corrected chi connectivity index (χ3v) is 7.49. The van der Waals surface area contributed by atoms with Gasteiger partial charge in [-0.2, -0.15) is 0 Å². The van der Waals surface area contributed by atoms with Crippen LogP contribution in [0.5, 0.6) is 5.75 Å². The van der Waals surface area contributed by atoms with Gasteiger partial charge < -0.3 is 18.8 Å². The standard InChI is InChI=1S/C27H29N3O5S/c1-4-34-26(32)23-17(2)28-27-30(24(23)19-10-6-7-11-20(19)33-3)25(31)21(36-27)16-18-12-13-22(35-18)29-14-8-5-9-15-29/h6-7,10-13,16,24H,4-5,8-9,14-15H2,1-3H3/b21-16-/t24-/m1/s1. The van der Waals surface area contributed by atoms with Gasteiger partial charge in [0.1, 0.15) is 17.6 Å². The molecule has 36 heavy (non-hydrogen) atoms. The van der Waals surface area contributed by atoms with Gasteiger partial charge in [0, 0.05) is 30.8 Å². The number of nitrogens with zero attached hydrogens (tertiary/aromatic N) is 3. The van der Waals surface area contributed by atoms with Crippen LogP contribution in [0.1, 0.15) is 50.5 Å². The Kier molecular flexibility index (Phi) is 6.82. The van der Waals surface area contributed by atoms with Crippen molar-refractivity contribution in [2.75, 3.05) is 31.7 Å². The summed E-state index contributed by atoms with van der Waals surface area (Å²) in [5.74, 6) is 1.50. The Morgan fingerprint density at radius 2 is 1.97 bits per heavy atom. The van der Waals surface area contributed by atoms with Crippen LogP contribution in [0, 0.1) is 0 Å². The molecule has 0 N–H and O–H groups in total. The van der Waals surface area contributed by atoms with Crippen LogP contribution < -0.4 is 24.5 Å². The van der Waals surface area contributed by atoms with E-state index >= 15 is 0 Å². The molecular formula is C27H29N3O5S. The molecule has 4 heterocycles. The molecule has 0 spiro atoms. The van der Waals surface area contributed by atoms with E-state index in [4.69, 9.17) is 13.9 Å². The van der Waals surface area contributed by atoms with Crippen LogP contribution in [-0.4, -0.2) is 37.3 Å². The first-order valence-electron chi connectivity index (χ1n) is 12.2. The van der Waals surface area contributed by atoms with Crippen molar-refractivity contribution in [1.82, 2.24) is 4.57 Å². The predicted molar refractivity (Wildman–Crippen MR) is 138 cm³/mol. The normalized spacial score (nSPS) is 18.1. The summed E-state index contributed by atoms with van der Waals surface area (Å²) in [6.07, 6.45) is 5.30. The Bertz CT molecular complexity index is 1490. The number of methoxy groups -OCH3 is 1. The fourth-order valence-electron chi connectivity index (χ4n) is 4.81. The number of piperidine rings is 1. The summed E-state index contributed by atoms with van der Waals surface area (Å²) < 4.78 is 19.1. The molecule has 5 rings (SSSR count). The number of carbonyl (C=O) groups is 1. The maximum absolute atomic E-state index is 13.8. The van der Waals surface area contributed by atoms with Crippen molar-refractivity contribution in [2.45, 2.75) is 39.2 Å². The quantitative estimate of drug-likeness (QED) is 0.476. The number of hydrogen-bond donors (Lipinski definition) is 0. The third-order valence-electron chi connectivity index (χ3n) is 6.50. The van der Waals surface area contributed by atoms with Crippen LogP contribution in [0.25, 0.3) is 6.08 Å². The zero-order valence-corrected chi connectivity index (χ0v) is 21.5. The smallest absolute Gasteiger partial charge is 0.338 e. The molecule has 0 amide bonds. The first kappa shape index (κ1) is 24.1. The number of fused-ring (bicyclic) bond motifs is 1. The SMILES string of the molecule is CCOC(=O)C1=C(C)N=c2s/c(=C\c3ccc(N4CCCCC4)o3)c(=O)n2[C@@H]1c1ccccc1OC. The second-order valence-electron chi connectivity index (χ2n) is 8.77. The third kappa shape index (κ3) is 4.39. The molecule has 9 heteroatoms. The van der Waals surface area contributed by atoms with Gasteiger partial charge in [-0.15, -0.1) is 0 Å². The van der Waals surface area contributed by atoms with Crippen LogP contribution in [0.4, 0.5) is 5.88 Å². The van der Waals surface area contributed by atoms with Gasteiger partial charge in [-0.05, 0) is 45.2 Å². The number of esters is 1. The number of ether oxygens (including phenoxy) is 2. The maximum atomic E-state index is 13.8. The summed E-state index contributed by atoms with van der Waals surface area (Å²) in [6.45, 7) is 5.69. The fraction of sp³-hybridized carbons (Fsp3) is 0.370. The predicted octanol–water partition coefficient (Wildman–Crippen LogP) is 3.39. The second kappa shape index (κ2) is 10.2. The van der Waals surface area contributed by atoms with Crippen molar-refractivity contribution in [3.8, 4) is 5.75 Å². The monoisotopic (exact) mass is 507 g/mol. The number of carbonyl (C=O) groups excluding carboxylic acids is 1. The van der Waals surface area contributed by atoms with Crippen molar-refractivity contribution < 1.29 is 18.7 Å². The van der Waals surface area contributed by atoms with Crippen molar-refractivity contribution in [3.05, 3.63) is 78.7 Å². The van der Waals surface area contributed by atoms with E-state index in [1.54, 1.807) is 31.6 Å². The highest BCUT2D eigenvalue weighted by atomic mass is 32.1. The van der Waals surface area contributed by atoms with Gasteiger partial charge in [0.15, 0.2) is 10.7 Å². The van der Waals surface area contributed by atoms with Crippen molar-refractivity contribution in [1.29, 1.82) is 0 Å². The van der Waals surface area contributed by atoms with E-state index in [0.717, 1.165) is 31.8 Å². The summed E-state index contributed by atoms with van der Waals surface area (Å²) in [5.41, 5.74) is 1.28. The Morgan fingerprint density at radius 3 is 2.72 bits per heavy atom. The Hall–Kier alpha value is -3.59. The molecule has 188 valence electrons. The Balaban J connectivity index is 1.63. The molecule has 8 nitrogen and oxygen atoms in total. The van der Waals surface area contributed by atoms with E-state index in [9.17, 15) is 9.59 Å². The van der Waals surface area contributed by atoms with Gasteiger partial charge in [-0.25, -0.2) is 9.79 Å². The van der Waals surface area contributed by atoms with E-state index in [-0.39, 0.29) is 12.2 Å². The van der Waals surface area contributed by atoms with Gasteiger partial charge in [0.2, 0.25) is 0 Å². The number of benzene rings is 1. The molecule has 0 bridgehead atoms. The number of para-hydroxylation sites is 1. The molecule has 0 saturated carbocycles. The number of hydrogen-bond acceptors (Lipinski definition) is 8. The molecule has 2 aromatic heterocycles. The van der Waals surface area contributed by atoms with Gasteiger partial charge in [0.25, 0.3) is 5.56 Å². The minimum absolute atomic E-state index is 0.219. The van der Waals surface area contributed by atoms with E-state index < -0.39 is 12.0 Å². The number of aromatic nitrogens is 1. The van der Waals surface area contributed by atoms with Crippen LogP contribution in [0.15, 0.2) is 61.9 Å². The number of allylic oxidation sites excluding steroid dienone is 1. The van der Waals surface area contributed by atoms with Crippen LogP contribution in [0.2, 0.25) is 0 Å². The topological polar surface area (TPSA) is 86.3 Å². The van der Waals surface area contributed by atoms with Crippen LogP contribution in [0.3, 0.4) is 0 Å². The highest BCUT2D eigenvalue weighted by Crippen LogP contribution is 2.35. The molecule has 3 aromatic rings. The first-order chi connectivity index (χ1) is 17.5. The van der Waals surface area contributed by atoms with E-state index in [1.807, 2.05) is 36.4 Å². The summed E-state index contributed by atoms with van der Waals surface area (Å²) >= 11 is 1.27. The van der Waals surface area contributed by atoms with Crippen LogP contribution >= 0.6 is 11.3 Å². The van der Waals surface area contributed by atoms with Crippen molar-refractivity contribution in [2.24, 2.45) is 4.99 Å². The highest BCUT2D eigenvalue weighted by Gasteiger charge is 2.35. The molecule has 2 aliphatic rings. The Morgan fingerprint density at radius 1 is 1.19 bits per heavy atom. The van der Waals surface area contributed by atoms with Gasteiger partial charge >= 0.3 is 5.97 Å². The van der Waals surface area contributed by atoms with E-state index in [0.29, 0.717) is 37.7 Å². The zero-order chi connectivity index (χ0) is 25.2. The van der Waals surface area contributed by atoms with Gasteiger partial charge in [-0.1, -0.05) is 29.5 Å². The molecule has 0 unspecified atom stereocenters. The largest absolute Gasteiger partial charge is 0.496 e. The summed E-state index contributed by atoms with van der Waals surface area (Å²) in [4.78, 5) is 34.2. The van der Waals surface area contributed by atoms with E-state index in [2.05, 4.69) is 9.89 Å². The fourth-order valence-corrected chi connectivity index (χ4v) is 5.84. The number of rotatable bonds is 6. The molecule has 1 atom stereocenters. The lowest BCUT2D eigenvalue weighted by Crippen LogP contribution is -2.40. The highest BCUT2D eigenvalue weighted by molar-refractivity contribution is 7.07. The lowest BCUT2D eigenvalue weighted by Gasteiger charge is -2.25. The van der Waals surface area contributed by atoms with Crippen LogP contribution in [-0.2, 0) is 9.53 Å². The maximum Gasteiger partial charge on any atom is 0.338 e. The molecule has 1 fully saturated rings. The minimum Gasteiger partial charge on any atom is -0.496 e. The number of thiazole rings is 1.